The average molecular weight is 431 g/mol. The van der Waals surface area contributed by atoms with E-state index >= 15 is 0 Å². The van der Waals surface area contributed by atoms with Crippen LogP contribution in [0.2, 0.25) is 0 Å². The second-order valence-corrected chi connectivity index (χ2v) is 7.48. The van der Waals surface area contributed by atoms with Gasteiger partial charge in [0.1, 0.15) is 6.54 Å². The van der Waals surface area contributed by atoms with Crippen LogP contribution in [0.3, 0.4) is 0 Å². The van der Waals surface area contributed by atoms with Crippen molar-refractivity contribution in [3.63, 3.8) is 0 Å². The highest BCUT2D eigenvalue weighted by Gasteiger charge is 2.26. The van der Waals surface area contributed by atoms with Crippen molar-refractivity contribution in [3.05, 3.63) is 58.2 Å². The van der Waals surface area contributed by atoms with Crippen LogP contribution in [0, 0.1) is 3.57 Å². The summed E-state index contributed by atoms with van der Waals surface area (Å²) in [6, 6.07) is 14.8. The molecule has 0 spiro atoms. The molecule has 0 fully saturated rings. The molecule has 0 bridgehead atoms. The largest absolute Gasteiger partial charge is 0.293 e. The lowest BCUT2D eigenvalue weighted by Gasteiger charge is -2.23. The molecule has 116 valence electrons. The van der Waals surface area contributed by atoms with E-state index < -0.39 is 22.5 Å². The van der Waals surface area contributed by atoms with Crippen molar-refractivity contribution in [2.45, 2.75) is 4.90 Å². The summed E-state index contributed by atoms with van der Waals surface area (Å²) < 4.78 is 27.5. The fourth-order valence-corrected chi connectivity index (χ4v) is 3.62. The van der Waals surface area contributed by atoms with E-state index in [1.54, 1.807) is 42.5 Å². The number of carbonyl (C=O) groups excluding carboxylic acids is 1. The normalized spacial score (nSPS) is 11.0. The number of benzene rings is 2. The van der Waals surface area contributed by atoms with Gasteiger partial charge in [-0.1, -0.05) is 18.2 Å². The highest BCUT2D eigenvalue weighted by Crippen LogP contribution is 2.24. The average Bonchev–Trinajstić information content (AvgIpc) is 2.54. The van der Waals surface area contributed by atoms with Gasteiger partial charge >= 0.3 is 0 Å². The summed E-state index contributed by atoms with van der Waals surface area (Å²) in [5.74, 6) is 4.48. The van der Waals surface area contributed by atoms with E-state index in [2.05, 4.69) is 22.6 Å². The van der Waals surface area contributed by atoms with Crippen LogP contribution in [-0.2, 0) is 14.8 Å². The summed E-state index contributed by atoms with van der Waals surface area (Å²) in [6.45, 7) is -0.395. The molecule has 2 aromatic rings. The second-order valence-electron chi connectivity index (χ2n) is 4.37. The Hall–Kier alpha value is -1.65. The quantitative estimate of drug-likeness (QED) is 0.325. The molecule has 0 saturated heterocycles. The van der Waals surface area contributed by atoms with Crippen LogP contribution in [0.15, 0.2) is 59.5 Å². The molecule has 0 aliphatic heterocycles. The predicted octanol–water partition coefficient (Wildman–Crippen LogP) is 1.48. The van der Waals surface area contributed by atoms with Crippen LogP contribution in [0.5, 0.6) is 0 Å². The Morgan fingerprint density at radius 1 is 1.09 bits per heavy atom. The lowest BCUT2D eigenvalue weighted by molar-refractivity contribution is -0.119. The maximum Gasteiger partial charge on any atom is 0.264 e. The van der Waals surface area contributed by atoms with Crippen molar-refractivity contribution in [2.75, 3.05) is 10.8 Å². The van der Waals surface area contributed by atoms with Crippen molar-refractivity contribution in [2.24, 2.45) is 5.84 Å². The van der Waals surface area contributed by atoms with Gasteiger partial charge in [0.15, 0.2) is 0 Å². The van der Waals surface area contributed by atoms with Gasteiger partial charge in [-0.05, 0) is 59.0 Å². The van der Waals surface area contributed by atoms with Gasteiger partial charge in [-0.2, -0.15) is 0 Å². The molecule has 0 aliphatic rings. The Bertz CT molecular complexity index is 749. The lowest BCUT2D eigenvalue weighted by Crippen LogP contribution is -2.43. The van der Waals surface area contributed by atoms with E-state index in [4.69, 9.17) is 5.84 Å². The minimum Gasteiger partial charge on any atom is -0.293 e. The predicted molar refractivity (Wildman–Crippen MR) is 92.5 cm³/mol. The van der Waals surface area contributed by atoms with Crippen LogP contribution < -0.4 is 15.6 Å². The number of nitrogens with two attached hydrogens (primary N) is 1. The minimum atomic E-state index is -3.86. The first kappa shape index (κ1) is 16.7. The molecule has 0 unspecified atom stereocenters. The Morgan fingerprint density at radius 3 is 2.23 bits per heavy atom. The monoisotopic (exact) mass is 431 g/mol. The van der Waals surface area contributed by atoms with E-state index in [9.17, 15) is 13.2 Å². The Kier molecular flexibility index (Phi) is 5.37. The number of carbonyl (C=O) groups is 1. The number of nitrogens with zero attached hydrogens (tertiary/aromatic N) is 1. The fraction of sp³-hybridized carbons (Fsp3) is 0.0714. The molecular weight excluding hydrogens is 417 g/mol. The number of halogens is 1. The topological polar surface area (TPSA) is 92.5 Å². The van der Waals surface area contributed by atoms with Gasteiger partial charge in [-0.3, -0.25) is 14.5 Å². The van der Waals surface area contributed by atoms with Crippen LogP contribution in [0.1, 0.15) is 0 Å². The minimum absolute atomic E-state index is 0.110. The van der Waals surface area contributed by atoms with Crippen molar-refractivity contribution >= 4 is 44.2 Å². The number of anilines is 1. The summed E-state index contributed by atoms with van der Waals surface area (Å²) in [5, 5.41) is 0. The number of rotatable bonds is 5. The van der Waals surface area contributed by atoms with Crippen LogP contribution in [-0.4, -0.2) is 20.9 Å². The lowest BCUT2D eigenvalue weighted by atomic mass is 10.3. The first-order valence-electron chi connectivity index (χ1n) is 6.28. The number of hydrogen-bond donors (Lipinski definition) is 2. The molecule has 0 aliphatic carbocycles. The van der Waals surface area contributed by atoms with Gasteiger partial charge in [-0.15, -0.1) is 0 Å². The van der Waals surface area contributed by atoms with E-state index in [0.29, 0.717) is 5.69 Å². The first-order chi connectivity index (χ1) is 10.4. The molecule has 8 heteroatoms. The zero-order chi connectivity index (χ0) is 16.2. The van der Waals surface area contributed by atoms with E-state index in [-0.39, 0.29) is 4.90 Å². The van der Waals surface area contributed by atoms with Crippen molar-refractivity contribution < 1.29 is 13.2 Å². The van der Waals surface area contributed by atoms with Crippen molar-refractivity contribution in [1.29, 1.82) is 0 Å². The van der Waals surface area contributed by atoms with Crippen molar-refractivity contribution in [3.8, 4) is 0 Å². The van der Waals surface area contributed by atoms with Crippen LogP contribution >= 0.6 is 22.6 Å². The highest BCUT2D eigenvalue weighted by atomic mass is 127. The zero-order valence-electron chi connectivity index (χ0n) is 11.4. The summed E-state index contributed by atoms with van der Waals surface area (Å²) in [6.07, 6.45) is 0. The Morgan fingerprint density at radius 2 is 1.68 bits per heavy atom. The zero-order valence-corrected chi connectivity index (χ0v) is 14.4. The molecule has 2 aromatic carbocycles. The Balaban J connectivity index is 2.48. The molecule has 0 radical (unpaired) electrons. The number of nitrogens with one attached hydrogen (secondary N) is 1. The van der Waals surface area contributed by atoms with Crippen LogP contribution in [0.4, 0.5) is 5.69 Å². The summed E-state index contributed by atoms with van der Waals surface area (Å²) in [4.78, 5) is 11.7. The third-order valence-corrected chi connectivity index (χ3v) is 5.40. The van der Waals surface area contributed by atoms with Gasteiger partial charge in [0.05, 0.1) is 10.6 Å². The Labute approximate surface area is 142 Å². The molecule has 0 aromatic heterocycles. The third kappa shape index (κ3) is 3.76. The number of hydrazine groups is 1. The fourth-order valence-electron chi connectivity index (χ4n) is 1.82. The van der Waals surface area contributed by atoms with Crippen LogP contribution in [0.25, 0.3) is 0 Å². The van der Waals surface area contributed by atoms with E-state index in [0.717, 1.165) is 7.88 Å². The number of amides is 1. The smallest absolute Gasteiger partial charge is 0.264 e. The molecule has 3 N–H and O–H groups in total. The third-order valence-electron chi connectivity index (χ3n) is 2.89. The van der Waals surface area contributed by atoms with Gasteiger partial charge in [0, 0.05) is 3.57 Å². The molecule has 0 atom stereocenters. The molecular formula is C14H14IN3O3S. The SMILES string of the molecule is NNC(=O)CN(c1ccc(I)cc1)S(=O)(=O)c1ccccc1. The van der Waals surface area contributed by atoms with E-state index in [1.165, 1.54) is 12.1 Å². The highest BCUT2D eigenvalue weighted by molar-refractivity contribution is 14.1. The van der Waals surface area contributed by atoms with Gasteiger partial charge in [0.2, 0.25) is 0 Å². The summed E-state index contributed by atoms with van der Waals surface area (Å²) in [7, 11) is -3.86. The molecule has 1 amide bonds. The van der Waals surface area contributed by atoms with Gasteiger partial charge in [0.25, 0.3) is 15.9 Å². The second kappa shape index (κ2) is 7.07. The summed E-state index contributed by atoms with van der Waals surface area (Å²) >= 11 is 2.12. The maximum atomic E-state index is 12.8. The molecule has 0 saturated carbocycles. The summed E-state index contributed by atoms with van der Waals surface area (Å²) in [5.41, 5.74) is 2.35. The van der Waals surface area contributed by atoms with Gasteiger partial charge in [-0.25, -0.2) is 14.3 Å². The number of hydrogen-bond acceptors (Lipinski definition) is 4. The van der Waals surface area contributed by atoms with Crippen molar-refractivity contribution in [1.82, 2.24) is 5.43 Å². The maximum absolute atomic E-state index is 12.8. The standard InChI is InChI=1S/C14H14IN3O3S/c15-11-6-8-12(9-7-11)18(10-14(19)17-16)22(20,21)13-4-2-1-3-5-13/h1-9H,10,16H2,(H,17,19). The number of sulfonamides is 1. The molecule has 0 heterocycles. The molecule has 2 rings (SSSR count). The molecule has 22 heavy (non-hydrogen) atoms. The molecule has 6 nitrogen and oxygen atoms in total. The van der Waals surface area contributed by atoms with E-state index in [1.807, 2.05) is 5.43 Å². The van der Waals surface area contributed by atoms with Gasteiger partial charge < -0.3 is 0 Å². The first-order valence-corrected chi connectivity index (χ1v) is 8.80.